The highest BCUT2D eigenvalue weighted by molar-refractivity contribution is 6.35. The fourth-order valence-electron chi connectivity index (χ4n) is 3.56. The number of aromatic amines is 1. The third-order valence-corrected chi connectivity index (χ3v) is 4.96. The van der Waals surface area contributed by atoms with E-state index < -0.39 is 11.8 Å². The molecule has 1 aliphatic heterocycles. The molecule has 2 heterocycles. The number of amides is 2. The first-order valence-corrected chi connectivity index (χ1v) is 9.04. The summed E-state index contributed by atoms with van der Waals surface area (Å²) in [6.45, 7) is 5.17. The van der Waals surface area contributed by atoms with E-state index in [2.05, 4.69) is 33.5 Å². The number of likely N-dealkylation sites (tertiary alicyclic amines) is 1. The molecule has 0 radical (unpaired) electrons. The molecule has 6 heteroatoms. The van der Waals surface area contributed by atoms with E-state index in [0.29, 0.717) is 25.6 Å². The van der Waals surface area contributed by atoms with Crippen LogP contribution in [0.3, 0.4) is 0 Å². The van der Waals surface area contributed by atoms with Crippen LogP contribution in [0, 0.1) is 0 Å². The molecule has 25 heavy (non-hydrogen) atoms. The van der Waals surface area contributed by atoms with Crippen molar-refractivity contribution in [3.05, 3.63) is 36.0 Å². The summed E-state index contributed by atoms with van der Waals surface area (Å²) in [4.78, 5) is 29.5. The fourth-order valence-corrected chi connectivity index (χ4v) is 3.56. The van der Waals surface area contributed by atoms with Crippen molar-refractivity contribution < 1.29 is 9.59 Å². The maximum absolute atomic E-state index is 12.0. The predicted octanol–water partition coefficient (Wildman–Crippen LogP) is 1.43. The van der Waals surface area contributed by atoms with Gasteiger partial charge in [-0.05, 0) is 44.0 Å². The lowest BCUT2D eigenvalue weighted by molar-refractivity contribution is -0.139. The molecule has 0 spiro atoms. The van der Waals surface area contributed by atoms with Crippen LogP contribution in [0.25, 0.3) is 10.9 Å². The topological polar surface area (TPSA) is 77.2 Å². The number of hydrogen-bond acceptors (Lipinski definition) is 3. The van der Waals surface area contributed by atoms with Gasteiger partial charge in [0.15, 0.2) is 0 Å². The minimum absolute atomic E-state index is 0.355. The number of likely N-dealkylation sites (N-methyl/N-ethyl adjacent to an activating group) is 1. The second-order valence-electron chi connectivity index (χ2n) is 6.50. The average Bonchev–Trinajstić information content (AvgIpc) is 3.26. The Kier molecular flexibility index (Phi) is 5.71. The van der Waals surface area contributed by atoms with Gasteiger partial charge in [-0.1, -0.05) is 25.1 Å². The highest BCUT2D eigenvalue weighted by Crippen LogP contribution is 2.17. The van der Waals surface area contributed by atoms with Crippen LogP contribution in [0.2, 0.25) is 0 Å². The van der Waals surface area contributed by atoms with Gasteiger partial charge >= 0.3 is 11.8 Å². The molecule has 1 fully saturated rings. The molecule has 2 amide bonds. The third kappa shape index (κ3) is 4.20. The molecular formula is C19H26N4O2. The first-order chi connectivity index (χ1) is 12.2. The molecule has 0 saturated carbocycles. The Balaban J connectivity index is 1.42. The Morgan fingerprint density at radius 2 is 2.04 bits per heavy atom. The Hall–Kier alpha value is -2.34. The summed E-state index contributed by atoms with van der Waals surface area (Å²) in [6, 6.07) is 8.41. The van der Waals surface area contributed by atoms with E-state index in [9.17, 15) is 9.59 Å². The number of para-hydroxylation sites is 1. The Morgan fingerprint density at radius 3 is 2.88 bits per heavy atom. The number of nitrogens with zero attached hydrogens (tertiary/aromatic N) is 1. The van der Waals surface area contributed by atoms with Crippen LogP contribution in [0.4, 0.5) is 0 Å². The molecular weight excluding hydrogens is 316 g/mol. The van der Waals surface area contributed by atoms with Crippen molar-refractivity contribution in [2.24, 2.45) is 0 Å². The van der Waals surface area contributed by atoms with E-state index >= 15 is 0 Å². The van der Waals surface area contributed by atoms with Gasteiger partial charge in [-0.25, -0.2) is 0 Å². The average molecular weight is 342 g/mol. The van der Waals surface area contributed by atoms with Crippen LogP contribution in [-0.2, 0) is 16.0 Å². The van der Waals surface area contributed by atoms with E-state index in [4.69, 9.17) is 0 Å². The summed E-state index contributed by atoms with van der Waals surface area (Å²) in [7, 11) is 0. The van der Waals surface area contributed by atoms with Crippen molar-refractivity contribution in [1.82, 2.24) is 20.5 Å². The summed E-state index contributed by atoms with van der Waals surface area (Å²) in [5.41, 5.74) is 2.22. The molecule has 134 valence electrons. The SMILES string of the molecule is CCN1CCC[C@H]1CNC(=O)C(=O)NCCc1c[nH]c2ccccc12. The van der Waals surface area contributed by atoms with Gasteiger partial charge in [0, 0.05) is 36.2 Å². The van der Waals surface area contributed by atoms with Crippen molar-refractivity contribution in [2.75, 3.05) is 26.2 Å². The number of rotatable bonds is 6. The maximum Gasteiger partial charge on any atom is 0.309 e. The van der Waals surface area contributed by atoms with E-state index in [-0.39, 0.29) is 0 Å². The van der Waals surface area contributed by atoms with Crippen molar-refractivity contribution in [3.8, 4) is 0 Å². The summed E-state index contributed by atoms with van der Waals surface area (Å²) in [5, 5.41) is 6.63. The van der Waals surface area contributed by atoms with Crippen LogP contribution in [0.15, 0.2) is 30.5 Å². The van der Waals surface area contributed by atoms with E-state index in [0.717, 1.165) is 42.4 Å². The van der Waals surface area contributed by atoms with Crippen LogP contribution in [-0.4, -0.2) is 53.9 Å². The van der Waals surface area contributed by atoms with Crippen LogP contribution in [0.5, 0.6) is 0 Å². The van der Waals surface area contributed by atoms with Crippen LogP contribution >= 0.6 is 0 Å². The van der Waals surface area contributed by atoms with Gasteiger partial charge in [0.05, 0.1) is 0 Å². The number of fused-ring (bicyclic) bond motifs is 1. The Labute approximate surface area is 148 Å². The van der Waals surface area contributed by atoms with E-state index in [1.54, 1.807) is 0 Å². The lowest BCUT2D eigenvalue weighted by Gasteiger charge is -2.22. The monoisotopic (exact) mass is 342 g/mol. The highest BCUT2D eigenvalue weighted by atomic mass is 16.2. The van der Waals surface area contributed by atoms with Crippen molar-refractivity contribution in [2.45, 2.75) is 32.2 Å². The number of hydrogen-bond donors (Lipinski definition) is 3. The quantitative estimate of drug-likeness (QED) is 0.695. The Bertz CT molecular complexity index is 740. The van der Waals surface area contributed by atoms with Crippen LogP contribution < -0.4 is 10.6 Å². The first-order valence-electron chi connectivity index (χ1n) is 9.04. The normalized spacial score (nSPS) is 17.7. The number of carbonyl (C=O) groups is 2. The molecule has 1 aromatic heterocycles. The molecule has 0 bridgehead atoms. The largest absolute Gasteiger partial charge is 0.361 e. The zero-order chi connectivity index (χ0) is 17.6. The van der Waals surface area contributed by atoms with E-state index in [1.165, 1.54) is 0 Å². The molecule has 6 nitrogen and oxygen atoms in total. The summed E-state index contributed by atoms with van der Waals surface area (Å²) in [5.74, 6) is -1.09. The van der Waals surface area contributed by atoms with Gasteiger partial charge in [0.25, 0.3) is 0 Å². The van der Waals surface area contributed by atoms with E-state index in [1.807, 2.05) is 24.4 Å². The van der Waals surface area contributed by atoms with Gasteiger partial charge in [-0.2, -0.15) is 0 Å². The zero-order valence-corrected chi connectivity index (χ0v) is 14.7. The smallest absolute Gasteiger partial charge is 0.309 e. The Morgan fingerprint density at radius 1 is 1.24 bits per heavy atom. The number of carbonyl (C=O) groups excluding carboxylic acids is 2. The van der Waals surface area contributed by atoms with Gasteiger partial charge in [-0.3, -0.25) is 14.5 Å². The van der Waals surface area contributed by atoms with Gasteiger partial charge in [0.2, 0.25) is 0 Å². The molecule has 3 rings (SSSR count). The molecule has 1 saturated heterocycles. The van der Waals surface area contributed by atoms with Gasteiger partial charge in [0.1, 0.15) is 0 Å². The fraction of sp³-hybridized carbons (Fsp3) is 0.474. The number of aromatic nitrogens is 1. The predicted molar refractivity (Wildman–Crippen MR) is 98.3 cm³/mol. The maximum atomic E-state index is 12.0. The highest BCUT2D eigenvalue weighted by Gasteiger charge is 2.24. The molecule has 3 N–H and O–H groups in total. The van der Waals surface area contributed by atoms with Crippen molar-refractivity contribution >= 4 is 22.7 Å². The van der Waals surface area contributed by atoms with Crippen molar-refractivity contribution in [1.29, 1.82) is 0 Å². The summed E-state index contributed by atoms with van der Waals surface area (Å²) < 4.78 is 0. The molecule has 1 aromatic carbocycles. The number of nitrogens with one attached hydrogen (secondary N) is 3. The standard InChI is InChI=1S/C19H26N4O2/c1-2-23-11-5-6-15(23)13-22-19(25)18(24)20-10-9-14-12-21-17-8-4-3-7-16(14)17/h3-4,7-8,12,15,21H,2,5-6,9-11,13H2,1H3,(H,20,24)(H,22,25)/t15-/m0/s1. The molecule has 1 aliphatic rings. The van der Waals surface area contributed by atoms with Gasteiger partial charge in [-0.15, -0.1) is 0 Å². The third-order valence-electron chi connectivity index (χ3n) is 4.96. The van der Waals surface area contributed by atoms with Crippen LogP contribution in [0.1, 0.15) is 25.3 Å². The lowest BCUT2D eigenvalue weighted by Crippen LogP contribution is -2.45. The molecule has 0 unspecified atom stereocenters. The first kappa shape index (κ1) is 17.5. The lowest BCUT2D eigenvalue weighted by atomic mass is 10.1. The minimum atomic E-state index is -0.555. The molecule has 0 aliphatic carbocycles. The number of benzene rings is 1. The molecule has 2 aromatic rings. The second-order valence-corrected chi connectivity index (χ2v) is 6.50. The number of H-pyrrole nitrogens is 1. The second kappa shape index (κ2) is 8.16. The van der Waals surface area contributed by atoms with Crippen molar-refractivity contribution in [3.63, 3.8) is 0 Å². The summed E-state index contributed by atoms with van der Waals surface area (Å²) in [6.07, 6.45) is 4.88. The minimum Gasteiger partial charge on any atom is -0.361 e. The molecule has 1 atom stereocenters. The summed E-state index contributed by atoms with van der Waals surface area (Å²) >= 11 is 0. The zero-order valence-electron chi connectivity index (χ0n) is 14.7. The van der Waals surface area contributed by atoms with Gasteiger partial charge < -0.3 is 15.6 Å².